The summed E-state index contributed by atoms with van der Waals surface area (Å²) in [6.45, 7) is 2.36. The van der Waals surface area contributed by atoms with E-state index < -0.39 is 0 Å². The number of rotatable bonds is 2. The van der Waals surface area contributed by atoms with Crippen LogP contribution < -0.4 is 10.6 Å². The van der Waals surface area contributed by atoms with Crippen molar-refractivity contribution in [2.45, 2.75) is 18.9 Å². The molecule has 2 heterocycles. The minimum absolute atomic E-state index is 0.00644. The number of fused-ring (bicyclic) bond motifs is 1. The van der Waals surface area contributed by atoms with Gasteiger partial charge in [-0.15, -0.1) is 0 Å². The summed E-state index contributed by atoms with van der Waals surface area (Å²) >= 11 is 0. The van der Waals surface area contributed by atoms with Crippen molar-refractivity contribution < 1.29 is 9.53 Å². The lowest BCUT2D eigenvalue weighted by atomic mass is 9.72. The van der Waals surface area contributed by atoms with Gasteiger partial charge in [-0.1, -0.05) is 30.3 Å². The Kier molecular flexibility index (Phi) is 2.96. The van der Waals surface area contributed by atoms with E-state index >= 15 is 0 Å². The van der Waals surface area contributed by atoms with Gasteiger partial charge in [-0.25, -0.2) is 4.79 Å². The van der Waals surface area contributed by atoms with Crippen molar-refractivity contribution in [3.8, 4) is 0 Å². The monoisotopic (exact) mass is 246 g/mol. The maximum Gasteiger partial charge on any atom is 0.407 e. The fraction of sp³-hybridized carbons (Fsp3) is 0.500. The lowest BCUT2D eigenvalue weighted by molar-refractivity contribution is 0.00400. The highest BCUT2D eigenvalue weighted by atomic mass is 16.6. The van der Waals surface area contributed by atoms with Crippen LogP contribution in [0.4, 0.5) is 4.79 Å². The van der Waals surface area contributed by atoms with Crippen LogP contribution in [0.25, 0.3) is 0 Å². The quantitative estimate of drug-likeness (QED) is 0.827. The smallest absolute Gasteiger partial charge is 0.407 e. The van der Waals surface area contributed by atoms with Crippen LogP contribution in [0.1, 0.15) is 12.0 Å². The van der Waals surface area contributed by atoms with Gasteiger partial charge >= 0.3 is 6.09 Å². The van der Waals surface area contributed by atoms with Crippen LogP contribution in [0.2, 0.25) is 0 Å². The zero-order valence-electron chi connectivity index (χ0n) is 10.3. The lowest BCUT2D eigenvalue weighted by Crippen LogP contribution is -2.63. The summed E-state index contributed by atoms with van der Waals surface area (Å²) in [7, 11) is 0. The summed E-state index contributed by atoms with van der Waals surface area (Å²) in [6, 6.07) is 10.6. The average molecular weight is 246 g/mol. The highest BCUT2D eigenvalue weighted by Crippen LogP contribution is 2.33. The molecule has 0 bridgehead atoms. The third kappa shape index (κ3) is 2.08. The van der Waals surface area contributed by atoms with Crippen LogP contribution in [-0.4, -0.2) is 31.8 Å². The molecule has 4 nitrogen and oxygen atoms in total. The van der Waals surface area contributed by atoms with Crippen molar-refractivity contribution in [1.82, 2.24) is 10.6 Å². The number of ether oxygens (including phenoxy) is 1. The van der Waals surface area contributed by atoms with Crippen LogP contribution in [0.5, 0.6) is 0 Å². The zero-order valence-corrected chi connectivity index (χ0v) is 10.3. The SMILES string of the molecule is O=C1NC2CCNCC2(Cc2ccccc2)CO1. The first-order valence-corrected chi connectivity index (χ1v) is 6.46. The number of carbonyl (C=O) groups is 1. The van der Waals surface area contributed by atoms with Gasteiger partial charge in [-0.2, -0.15) is 0 Å². The molecule has 2 unspecified atom stereocenters. The van der Waals surface area contributed by atoms with Crippen molar-refractivity contribution in [3.63, 3.8) is 0 Å². The molecule has 1 aromatic rings. The zero-order chi connectivity index (χ0) is 12.4. The molecule has 2 atom stereocenters. The fourth-order valence-corrected chi connectivity index (χ4v) is 3.02. The normalized spacial score (nSPS) is 31.1. The summed E-state index contributed by atoms with van der Waals surface area (Å²) in [5, 5.41) is 6.41. The number of nitrogens with one attached hydrogen (secondary N) is 2. The van der Waals surface area contributed by atoms with Crippen LogP contribution in [0.15, 0.2) is 30.3 Å². The Labute approximate surface area is 107 Å². The Balaban J connectivity index is 1.83. The van der Waals surface area contributed by atoms with Crippen molar-refractivity contribution in [2.75, 3.05) is 19.7 Å². The van der Waals surface area contributed by atoms with Crippen molar-refractivity contribution >= 4 is 6.09 Å². The van der Waals surface area contributed by atoms with Crippen LogP contribution in [0, 0.1) is 5.41 Å². The summed E-state index contributed by atoms with van der Waals surface area (Å²) in [5.74, 6) is 0. The maximum atomic E-state index is 11.4. The Morgan fingerprint density at radius 1 is 1.33 bits per heavy atom. The van der Waals surface area contributed by atoms with E-state index in [9.17, 15) is 4.79 Å². The molecule has 2 aliphatic heterocycles. The fourth-order valence-electron chi connectivity index (χ4n) is 3.02. The molecular weight excluding hydrogens is 228 g/mol. The third-order valence-electron chi connectivity index (χ3n) is 4.01. The number of carbonyl (C=O) groups excluding carboxylic acids is 1. The molecule has 1 amide bonds. The Hall–Kier alpha value is -1.55. The molecule has 1 aromatic carbocycles. The van der Waals surface area contributed by atoms with E-state index in [1.807, 2.05) is 6.07 Å². The molecule has 0 saturated carbocycles. The van der Waals surface area contributed by atoms with Crippen LogP contribution >= 0.6 is 0 Å². The molecule has 96 valence electrons. The Morgan fingerprint density at radius 2 is 2.17 bits per heavy atom. The van der Waals surface area contributed by atoms with Gasteiger partial charge in [-0.05, 0) is 24.9 Å². The van der Waals surface area contributed by atoms with Crippen molar-refractivity contribution in [3.05, 3.63) is 35.9 Å². The number of alkyl carbamates (subject to hydrolysis) is 1. The molecule has 0 aliphatic carbocycles. The first-order valence-electron chi connectivity index (χ1n) is 6.46. The van der Waals surface area contributed by atoms with E-state index in [0.717, 1.165) is 25.9 Å². The number of piperidine rings is 1. The molecule has 0 spiro atoms. The second-order valence-corrected chi connectivity index (χ2v) is 5.26. The van der Waals surface area contributed by atoms with E-state index in [-0.39, 0.29) is 17.6 Å². The van der Waals surface area contributed by atoms with E-state index in [4.69, 9.17) is 4.74 Å². The molecule has 18 heavy (non-hydrogen) atoms. The predicted molar refractivity (Wildman–Crippen MR) is 68.3 cm³/mol. The second kappa shape index (κ2) is 4.61. The molecule has 0 radical (unpaired) electrons. The molecule has 2 aliphatic rings. The molecule has 3 rings (SSSR count). The highest BCUT2D eigenvalue weighted by molar-refractivity contribution is 5.68. The number of amides is 1. The van der Waals surface area contributed by atoms with Gasteiger partial charge in [-0.3, -0.25) is 0 Å². The van der Waals surface area contributed by atoms with Gasteiger partial charge in [0.15, 0.2) is 0 Å². The molecule has 2 fully saturated rings. The number of hydrogen-bond donors (Lipinski definition) is 2. The molecule has 0 aromatic heterocycles. The maximum absolute atomic E-state index is 11.4. The molecule has 4 heteroatoms. The van der Waals surface area contributed by atoms with Gasteiger partial charge in [0.1, 0.15) is 6.61 Å². The average Bonchev–Trinajstić information content (AvgIpc) is 2.40. The topological polar surface area (TPSA) is 50.4 Å². The Morgan fingerprint density at radius 3 is 3.00 bits per heavy atom. The van der Waals surface area contributed by atoms with E-state index in [2.05, 4.69) is 34.9 Å². The first-order chi connectivity index (χ1) is 8.78. The highest BCUT2D eigenvalue weighted by Gasteiger charge is 2.45. The molecule has 2 N–H and O–H groups in total. The largest absolute Gasteiger partial charge is 0.449 e. The van der Waals surface area contributed by atoms with Gasteiger partial charge in [0.05, 0.1) is 0 Å². The van der Waals surface area contributed by atoms with Crippen LogP contribution in [0.3, 0.4) is 0 Å². The summed E-state index contributed by atoms with van der Waals surface area (Å²) in [6.07, 6.45) is 1.64. The van der Waals surface area contributed by atoms with Crippen molar-refractivity contribution in [2.24, 2.45) is 5.41 Å². The summed E-state index contributed by atoms with van der Waals surface area (Å²) in [5.41, 5.74) is 1.29. The van der Waals surface area contributed by atoms with Gasteiger partial charge < -0.3 is 15.4 Å². The Bertz CT molecular complexity index is 435. The first kappa shape index (κ1) is 11.5. The minimum Gasteiger partial charge on any atom is -0.449 e. The van der Waals surface area contributed by atoms with E-state index in [1.54, 1.807) is 0 Å². The van der Waals surface area contributed by atoms with E-state index in [1.165, 1.54) is 5.56 Å². The van der Waals surface area contributed by atoms with Gasteiger partial charge in [0.2, 0.25) is 0 Å². The predicted octanol–water partition coefficient (Wildman–Crippen LogP) is 1.32. The standard InChI is InChI=1S/C14H18N2O2/c17-13-16-12-6-7-15-9-14(12,10-18-13)8-11-4-2-1-3-5-11/h1-5,12,15H,6-10H2,(H,16,17). The number of hydrogen-bond acceptors (Lipinski definition) is 3. The molecular formula is C14H18N2O2. The second-order valence-electron chi connectivity index (χ2n) is 5.26. The van der Waals surface area contributed by atoms with Gasteiger partial charge in [0.25, 0.3) is 0 Å². The summed E-state index contributed by atoms with van der Waals surface area (Å²) < 4.78 is 5.23. The van der Waals surface area contributed by atoms with E-state index in [0.29, 0.717) is 6.61 Å². The number of cyclic esters (lactones) is 1. The summed E-state index contributed by atoms with van der Waals surface area (Å²) in [4.78, 5) is 11.4. The van der Waals surface area contributed by atoms with Crippen molar-refractivity contribution in [1.29, 1.82) is 0 Å². The van der Waals surface area contributed by atoms with Crippen LogP contribution in [-0.2, 0) is 11.2 Å². The third-order valence-corrected chi connectivity index (χ3v) is 4.01. The minimum atomic E-state index is -0.273. The number of benzene rings is 1. The van der Waals surface area contributed by atoms with Gasteiger partial charge in [0, 0.05) is 18.0 Å². The molecule has 2 saturated heterocycles. The lowest BCUT2D eigenvalue weighted by Gasteiger charge is -2.47.